The van der Waals surface area contributed by atoms with Gasteiger partial charge in [0, 0.05) is 12.3 Å². The van der Waals surface area contributed by atoms with Crippen molar-refractivity contribution >= 4 is 5.97 Å². The molecular formula is C32H52O2. The highest BCUT2D eigenvalue weighted by atomic mass is 16.5. The van der Waals surface area contributed by atoms with E-state index < -0.39 is 0 Å². The molecular weight excluding hydrogens is 416 g/mol. The summed E-state index contributed by atoms with van der Waals surface area (Å²) in [7, 11) is 0. The molecule has 4 saturated carbocycles. The quantitative estimate of drug-likeness (QED) is 0.284. The summed E-state index contributed by atoms with van der Waals surface area (Å²) in [6, 6.07) is 0. The average molecular weight is 469 g/mol. The fourth-order valence-corrected chi connectivity index (χ4v) is 11.7. The molecule has 0 amide bonds. The summed E-state index contributed by atoms with van der Waals surface area (Å²) < 4.78 is 6.28. The van der Waals surface area contributed by atoms with Crippen LogP contribution in [-0.2, 0) is 9.53 Å². The van der Waals surface area contributed by atoms with Gasteiger partial charge in [-0.3, -0.25) is 4.79 Å². The highest BCUT2D eigenvalue weighted by molar-refractivity contribution is 5.66. The number of hydrogen-bond acceptors (Lipinski definition) is 2. The van der Waals surface area contributed by atoms with Gasteiger partial charge < -0.3 is 4.74 Å². The first-order chi connectivity index (χ1) is 15.7. The second-order valence-corrected chi connectivity index (χ2v) is 15.3. The lowest BCUT2D eigenvalue weighted by molar-refractivity contribution is -0.263. The lowest BCUT2D eigenvalue weighted by Gasteiger charge is -2.74. The number of ether oxygens (including phenoxy) is 1. The van der Waals surface area contributed by atoms with Crippen molar-refractivity contribution in [3.05, 3.63) is 11.6 Å². The Balaban J connectivity index is 1.60. The Labute approximate surface area is 210 Å². The summed E-state index contributed by atoms with van der Waals surface area (Å²) in [6.07, 6.45) is 14.3. The van der Waals surface area contributed by atoms with Crippen molar-refractivity contribution in [1.29, 1.82) is 0 Å². The normalized spacial score (nSPS) is 54.0. The van der Waals surface area contributed by atoms with Crippen LogP contribution in [0.2, 0.25) is 0 Å². The number of carbonyl (C=O) groups is 1. The fraction of sp³-hybridized carbons (Fsp3) is 0.906. The molecule has 10 atom stereocenters. The van der Waals surface area contributed by atoms with E-state index in [-0.39, 0.29) is 22.9 Å². The van der Waals surface area contributed by atoms with Crippen LogP contribution in [0, 0.1) is 56.7 Å². The highest BCUT2D eigenvalue weighted by Crippen LogP contribution is 2.76. The Hall–Kier alpha value is -0.790. The molecule has 34 heavy (non-hydrogen) atoms. The van der Waals surface area contributed by atoms with Gasteiger partial charge in [0.25, 0.3) is 0 Å². The van der Waals surface area contributed by atoms with Crippen molar-refractivity contribution < 1.29 is 9.53 Å². The summed E-state index contributed by atoms with van der Waals surface area (Å²) in [5.41, 5.74) is 3.09. The molecule has 5 aliphatic carbocycles. The van der Waals surface area contributed by atoms with Crippen LogP contribution >= 0.6 is 0 Å². The lowest BCUT2D eigenvalue weighted by atomic mass is 9.31. The van der Waals surface area contributed by atoms with E-state index in [4.69, 9.17) is 4.74 Å². The second-order valence-electron chi connectivity index (χ2n) is 15.3. The smallest absolute Gasteiger partial charge is 0.302 e. The molecule has 0 saturated heterocycles. The minimum absolute atomic E-state index is 0.0342. The standard InChI is InChI=1S/C32H52O2/c1-20-13-17-30(7)26(34-22(3)33)19-32(9)23(27(30)21(20)2)11-12-25-29(6)16-10-15-28(4,5)24(29)14-18-31(25,32)8/h13,21,23-27H,10-12,14-19H2,1-9H3/t21-,23+,24-,25+,26?,27-,29-,30+,31+,32+/m0/s1. The van der Waals surface area contributed by atoms with E-state index in [1.165, 1.54) is 44.9 Å². The molecule has 5 aliphatic rings. The fourth-order valence-electron chi connectivity index (χ4n) is 11.7. The van der Waals surface area contributed by atoms with Gasteiger partial charge in [0.05, 0.1) is 0 Å². The van der Waals surface area contributed by atoms with Gasteiger partial charge in [-0.1, -0.05) is 66.5 Å². The van der Waals surface area contributed by atoms with Gasteiger partial charge in [0.15, 0.2) is 0 Å². The summed E-state index contributed by atoms with van der Waals surface area (Å²) in [6.45, 7) is 22.1. The van der Waals surface area contributed by atoms with Crippen LogP contribution in [0.4, 0.5) is 0 Å². The molecule has 0 aromatic heterocycles. The van der Waals surface area contributed by atoms with Crippen molar-refractivity contribution in [2.45, 2.75) is 126 Å². The zero-order valence-corrected chi connectivity index (χ0v) is 23.7. The monoisotopic (exact) mass is 468 g/mol. The first-order valence-corrected chi connectivity index (χ1v) is 14.5. The predicted molar refractivity (Wildman–Crippen MR) is 140 cm³/mol. The summed E-state index contributed by atoms with van der Waals surface area (Å²) >= 11 is 0. The Morgan fingerprint density at radius 2 is 1.62 bits per heavy atom. The SMILES string of the molecule is CC(=O)OC1C[C@]2(C)[C@H](CC[C@@H]3[C@@]4(C)CCCC(C)(C)[C@@H]4CC[C@]32C)[C@@H]2[C@@H](C)C(C)=CC[C@]12C. The zero-order chi connectivity index (χ0) is 24.9. The molecule has 0 heterocycles. The Morgan fingerprint density at radius 3 is 2.29 bits per heavy atom. The van der Waals surface area contributed by atoms with Gasteiger partial charge >= 0.3 is 5.97 Å². The van der Waals surface area contributed by atoms with E-state index in [2.05, 4.69) is 61.5 Å². The number of hydrogen-bond donors (Lipinski definition) is 0. The van der Waals surface area contributed by atoms with Gasteiger partial charge in [-0.2, -0.15) is 0 Å². The largest absolute Gasteiger partial charge is 0.462 e. The van der Waals surface area contributed by atoms with Crippen molar-refractivity contribution in [2.24, 2.45) is 56.7 Å². The van der Waals surface area contributed by atoms with E-state index >= 15 is 0 Å². The van der Waals surface area contributed by atoms with Crippen LogP contribution < -0.4 is 0 Å². The molecule has 0 aliphatic heterocycles. The maximum Gasteiger partial charge on any atom is 0.302 e. The van der Waals surface area contributed by atoms with Gasteiger partial charge in [-0.25, -0.2) is 0 Å². The zero-order valence-electron chi connectivity index (χ0n) is 23.7. The summed E-state index contributed by atoms with van der Waals surface area (Å²) in [5.74, 6) is 3.45. The van der Waals surface area contributed by atoms with E-state index in [0.717, 1.165) is 30.6 Å². The van der Waals surface area contributed by atoms with Crippen molar-refractivity contribution in [3.8, 4) is 0 Å². The Bertz CT molecular complexity index is 885. The van der Waals surface area contributed by atoms with Gasteiger partial charge in [0.1, 0.15) is 6.10 Å². The van der Waals surface area contributed by atoms with Crippen molar-refractivity contribution in [2.75, 3.05) is 0 Å². The maximum atomic E-state index is 12.4. The number of fused-ring (bicyclic) bond motifs is 7. The van der Waals surface area contributed by atoms with Gasteiger partial charge in [-0.05, 0) is 110 Å². The molecule has 0 aromatic rings. The Morgan fingerprint density at radius 1 is 0.912 bits per heavy atom. The second kappa shape index (κ2) is 7.61. The molecule has 1 unspecified atom stereocenters. The molecule has 0 bridgehead atoms. The van der Waals surface area contributed by atoms with E-state index in [1.807, 2.05) is 0 Å². The summed E-state index contributed by atoms with van der Waals surface area (Å²) in [4.78, 5) is 12.4. The van der Waals surface area contributed by atoms with Crippen molar-refractivity contribution in [1.82, 2.24) is 0 Å². The number of esters is 1. The van der Waals surface area contributed by atoms with E-state index in [1.54, 1.807) is 12.5 Å². The molecule has 5 rings (SSSR count). The van der Waals surface area contributed by atoms with E-state index in [9.17, 15) is 4.79 Å². The molecule has 0 aromatic carbocycles. The third-order valence-corrected chi connectivity index (χ3v) is 13.7. The minimum atomic E-state index is -0.0897. The molecule has 2 nitrogen and oxygen atoms in total. The van der Waals surface area contributed by atoms with Gasteiger partial charge in [0.2, 0.25) is 0 Å². The molecule has 4 fully saturated rings. The number of allylic oxidation sites excluding steroid dienone is 2. The third-order valence-electron chi connectivity index (χ3n) is 13.7. The third kappa shape index (κ3) is 3.08. The maximum absolute atomic E-state index is 12.4. The van der Waals surface area contributed by atoms with Crippen molar-refractivity contribution in [3.63, 3.8) is 0 Å². The average Bonchev–Trinajstić information content (AvgIpc) is 2.71. The highest BCUT2D eigenvalue weighted by Gasteiger charge is 2.71. The van der Waals surface area contributed by atoms with Crippen LogP contribution in [0.5, 0.6) is 0 Å². The number of carbonyl (C=O) groups excluding carboxylic acids is 1. The predicted octanol–water partition coefficient (Wildman–Crippen LogP) is 8.60. The van der Waals surface area contributed by atoms with Crippen LogP contribution in [0.15, 0.2) is 11.6 Å². The van der Waals surface area contributed by atoms with E-state index in [0.29, 0.717) is 28.1 Å². The van der Waals surface area contributed by atoms with Crippen LogP contribution in [0.3, 0.4) is 0 Å². The van der Waals surface area contributed by atoms with Gasteiger partial charge in [-0.15, -0.1) is 0 Å². The lowest BCUT2D eigenvalue weighted by Crippen LogP contribution is -2.68. The Kier molecular flexibility index (Phi) is 5.57. The van der Waals surface area contributed by atoms with Crippen LogP contribution in [0.25, 0.3) is 0 Å². The molecule has 2 heteroatoms. The molecule has 192 valence electrons. The topological polar surface area (TPSA) is 26.3 Å². The molecule has 0 spiro atoms. The summed E-state index contributed by atoms with van der Waals surface area (Å²) in [5, 5.41) is 0. The minimum Gasteiger partial charge on any atom is -0.462 e. The van der Waals surface area contributed by atoms with Crippen LogP contribution in [0.1, 0.15) is 120 Å². The number of rotatable bonds is 1. The molecule has 0 N–H and O–H groups in total. The van der Waals surface area contributed by atoms with Crippen LogP contribution in [-0.4, -0.2) is 12.1 Å². The first-order valence-electron chi connectivity index (χ1n) is 14.5. The molecule has 0 radical (unpaired) electrons. The first kappa shape index (κ1) is 24.9.